The molecule has 6 nitrogen and oxygen atoms in total. The molecule has 0 fully saturated rings. The quantitative estimate of drug-likeness (QED) is 0.585. The number of thiocarbonyl (C=S) groups is 1. The summed E-state index contributed by atoms with van der Waals surface area (Å²) in [6, 6.07) is 15.3. The first-order valence-electron chi connectivity index (χ1n) is 7.29. The molecule has 2 amide bonds. The van der Waals surface area contributed by atoms with Crippen molar-refractivity contribution in [2.75, 3.05) is 6.61 Å². The van der Waals surface area contributed by atoms with Crippen molar-refractivity contribution in [3.8, 4) is 5.75 Å². The Morgan fingerprint density at radius 1 is 0.917 bits per heavy atom. The minimum Gasteiger partial charge on any atom is -0.494 e. The van der Waals surface area contributed by atoms with Crippen LogP contribution in [0.15, 0.2) is 54.6 Å². The number of amides is 2. The number of hydrogen-bond acceptors (Lipinski definition) is 4. The van der Waals surface area contributed by atoms with Gasteiger partial charge in [-0.3, -0.25) is 25.8 Å². The van der Waals surface area contributed by atoms with E-state index < -0.39 is 0 Å². The summed E-state index contributed by atoms with van der Waals surface area (Å²) < 4.78 is 5.31. The minimum absolute atomic E-state index is 0.00170. The molecule has 2 aromatic carbocycles. The summed E-state index contributed by atoms with van der Waals surface area (Å²) in [6.45, 7) is 2.44. The molecule has 7 heteroatoms. The molecule has 0 aromatic heterocycles. The molecular formula is C17H17N3O3S. The number of benzene rings is 2. The Morgan fingerprint density at radius 2 is 1.54 bits per heavy atom. The first-order chi connectivity index (χ1) is 11.6. The van der Waals surface area contributed by atoms with Gasteiger partial charge in [0.05, 0.1) is 6.61 Å². The van der Waals surface area contributed by atoms with Gasteiger partial charge < -0.3 is 4.74 Å². The number of carbonyl (C=O) groups is 2. The highest BCUT2D eigenvalue weighted by Crippen LogP contribution is 2.11. The van der Waals surface area contributed by atoms with E-state index >= 15 is 0 Å². The zero-order valence-corrected chi connectivity index (χ0v) is 13.9. The van der Waals surface area contributed by atoms with Gasteiger partial charge in [-0.2, -0.15) is 0 Å². The van der Waals surface area contributed by atoms with Gasteiger partial charge in [-0.05, 0) is 55.5 Å². The fourth-order valence-electron chi connectivity index (χ4n) is 1.85. The molecule has 0 bridgehead atoms. The molecule has 0 aliphatic rings. The lowest BCUT2D eigenvalue weighted by atomic mass is 10.2. The standard InChI is InChI=1S/C17H17N3O3S/c1-2-23-14-10-8-13(9-11-14)15(21)18-17(24)20-19-16(22)12-6-4-3-5-7-12/h3-11H,2H2,1H3,(H,19,22)(H2,18,20,21,24). The summed E-state index contributed by atoms with van der Waals surface area (Å²) in [5.74, 6) is -0.0531. The fourth-order valence-corrected chi connectivity index (χ4v) is 1.99. The lowest BCUT2D eigenvalue weighted by molar-refractivity contribution is 0.0934. The third-order valence-electron chi connectivity index (χ3n) is 2.98. The lowest BCUT2D eigenvalue weighted by Gasteiger charge is -2.11. The van der Waals surface area contributed by atoms with Gasteiger partial charge in [-0.25, -0.2) is 0 Å². The van der Waals surface area contributed by atoms with E-state index in [0.29, 0.717) is 23.5 Å². The molecule has 0 heterocycles. The first-order valence-corrected chi connectivity index (χ1v) is 7.70. The van der Waals surface area contributed by atoms with E-state index in [1.165, 1.54) is 0 Å². The SMILES string of the molecule is CCOc1ccc(C(=O)NC(=S)NNC(=O)c2ccccc2)cc1. The van der Waals surface area contributed by atoms with Gasteiger partial charge in [0.25, 0.3) is 11.8 Å². The summed E-state index contributed by atoms with van der Waals surface area (Å²) in [7, 11) is 0. The Hall–Kier alpha value is -2.93. The average molecular weight is 343 g/mol. The van der Waals surface area contributed by atoms with Gasteiger partial charge in [0.15, 0.2) is 5.11 Å². The van der Waals surface area contributed by atoms with Gasteiger partial charge in [0.2, 0.25) is 0 Å². The van der Waals surface area contributed by atoms with E-state index in [0.717, 1.165) is 0 Å². The molecule has 24 heavy (non-hydrogen) atoms. The summed E-state index contributed by atoms with van der Waals surface area (Å²) in [5, 5.41) is 2.48. The first kappa shape index (κ1) is 17.4. The van der Waals surface area contributed by atoms with Crippen LogP contribution in [0.5, 0.6) is 5.75 Å². The van der Waals surface area contributed by atoms with Crippen LogP contribution in [-0.4, -0.2) is 23.5 Å². The molecule has 0 spiro atoms. The Bertz CT molecular complexity index is 718. The number of hydrazine groups is 1. The molecule has 0 radical (unpaired) electrons. The largest absolute Gasteiger partial charge is 0.494 e. The van der Waals surface area contributed by atoms with Crippen molar-refractivity contribution in [3.63, 3.8) is 0 Å². The van der Waals surface area contributed by atoms with Crippen molar-refractivity contribution in [1.29, 1.82) is 0 Å². The maximum atomic E-state index is 12.0. The van der Waals surface area contributed by atoms with E-state index in [2.05, 4.69) is 16.2 Å². The van der Waals surface area contributed by atoms with Crippen molar-refractivity contribution in [2.24, 2.45) is 0 Å². The topological polar surface area (TPSA) is 79.5 Å². The van der Waals surface area contributed by atoms with E-state index in [1.807, 2.05) is 13.0 Å². The molecular weight excluding hydrogens is 326 g/mol. The molecule has 2 aromatic rings. The number of nitrogens with one attached hydrogen (secondary N) is 3. The zero-order valence-electron chi connectivity index (χ0n) is 13.0. The molecule has 0 saturated carbocycles. The predicted octanol–water partition coefficient (Wildman–Crippen LogP) is 2.03. The molecule has 124 valence electrons. The molecule has 2 rings (SSSR count). The van der Waals surface area contributed by atoms with Gasteiger partial charge in [0, 0.05) is 11.1 Å². The van der Waals surface area contributed by atoms with Crippen molar-refractivity contribution < 1.29 is 14.3 Å². The number of carbonyl (C=O) groups excluding carboxylic acids is 2. The number of rotatable bonds is 4. The van der Waals surface area contributed by atoms with E-state index in [1.54, 1.807) is 48.5 Å². The van der Waals surface area contributed by atoms with Gasteiger partial charge in [-0.15, -0.1) is 0 Å². The second-order valence-electron chi connectivity index (χ2n) is 4.69. The maximum Gasteiger partial charge on any atom is 0.269 e. The highest BCUT2D eigenvalue weighted by Gasteiger charge is 2.09. The summed E-state index contributed by atoms with van der Waals surface area (Å²) in [4.78, 5) is 23.9. The summed E-state index contributed by atoms with van der Waals surface area (Å²) in [5.41, 5.74) is 5.81. The summed E-state index contributed by atoms with van der Waals surface area (Å²) in [6.07, 6.45) is 0. The second kappa shape index (κ2) is 8.64. The third-order valence-corrected chi connectivity index (χ3v) is 3.18. The van der Waals surface area contributed by atoms with Crippen LogP contribution in [0.1, 0.15) is 27.6 Å². The normalized spacial score (nSPS) is 9.71. The van der Waals surface area contributed by atoms with Crippen LogP contribution in [0.25, 0.3) is 0 Å². The van der Waals surface area contributed by atoms with Crippen molar-refractivity contribution in [1.82, 2.24) is 16.2 Å². The number of hydrogen-bond donors (Lipinski definition) is 3. The molecule has 0 unspecified atom stereocenters. The summed E-state index contributed by atoms with van der Waals surface area (Å²) >= 11 is 4.98. The molecule has 0 atom stereocenters. The van der Waals surface area contributed by atoms with Crippen molar-refractivity contribution >= 4 is 29.1 Å². The van der Waals surface area contributed by atoms with E-state index in [4.69, 9.17) is 17.0 Å². The van der Waals surface area contributed by atoms with Gasteiger partial charge >= 0.3 is 0 Å². The van der Waals surface area contributed by atoms with Crippen LogP contribution < -0.4 is 20.9 Å². The molecule has 0 aliphatic heterocycles. The smallest absolute Gasteiger partial charge is 0.269 e. The van der Waals surface area contributed by atoms with Gasteiger partial charge in [0.1, 0.15) is 5.75 Å². The van der Waals surface area contributed by atoms with Crippen LogP contribution in [0, 0.1) is 0 Å². The third kappa shape index (κ3) is 5.06. The lowest BCUT2D eigenvalue weighted by Crippen LogP contribution is -2.48. The molecule has 0 saturated heterocycles. The van der Waals surface area contributed by atoms with Crippen LogP contribution in [-0.2, 0) is 0 Å². The highest BCUT2D eigenvalue weighted by molar-refractivity contribution is 7.80. The number of ether oxygens (including phenoxy) is 1. The highest BCUT2D eigenvalue weighted by atomic mass is 32.1. The fraction of sp³-hybridized carbons (Fsp3) is 0.118. The van der Waals surface area contributed by atoms with E-state index in [-0.39, 0.29) is 16.9 Å². The second-order valence-corrected chi connectivity index (χ2v) is 5.09. The maximum absolute atomic E-state index is 12.0. The molecule has 3 N–H and O–H groups in total. The average Bonchev–Trinajstić information content (AvgIpc) is 2.61. The Balaban J connectivity index is 1.83. The van der Waals surface area contributed by atoms with Crippen LogP contribution in [0.3, 0.4) is 0 Å². The van der Waals surface area contributed by atoms with Crippen LogP contribution in [0.2, 0.25) is 0 Å². The zero-order chi connectivity index (χ0) is 17.4. The van der Waals surface area contributed by atoms with Gasteiger partial charge in [-0.1, -0.05) is 18.2 Å². The Labute approximate surface area is 145 Å². The minimum atomic E-state index is -0.385. The van der Waals surface area contributed by atoms with Crippen LogP contribution >= 0.6 is 12.2 Å². The van der Waals surface area contributed by atoms with Crippen LogP contribution in [0.4, 0.5) is 0 Å². The Morgan fingerprint density at radius 3 is 2.17 bits per heavy atom. The predicted molar refractivity (Wildman–Crippen MR) is 94.7 cm³/mol. The van der Waals surface area contributed by atoms with E-state index in [9.17, 15) is 9.59 Å². The van der Waals surface area contributed by atoms with Crippen molar-refractivity contribution in [2.45, 2.75) is 6.92 Å². The van der Waals surface area contributed by atoms with Crippen molar-refractivity contribution in [3.05, 3.63) is 65.7 Å². The molecule has 0 aliphatic carbocycles. The Kier molecular flexibility index (Phi) is 6.27. The monoisotopic (exact) mass is 343 g/mol.